The molecule has 0 aliphatic rings. The number of aliphatic hydroxyl groups excluding tert-OH is 1. The average molecular weight is 261 g/mol. The van der Waals surface area contributed by atoms with Crippen molar-refractivity contribution in [1.29, 1.82) is 0 Å². The van der Waals surface area contributed by atoms with Crippen LogP contribution in [0.3, 0.4) is 0 Å². The Morgan fingerprint density at radius 3 is 2.59 bits per heavy atom. The SMILES string of the molecule is CCOC(C)(CC)C(O)c1ccc(Cl)cc1F. The van der Waals surface area contributed by atoms with Gasteiger partial charge in [0.15, 0.2) is 0 Å². The Balaban J connectivity index is 3.05. The quantitative estimate of drug-likeness (QED) is 0.874. The fraction of sp³-hybridized carbons (Fsp3) is 0.538. The number of halogens is 2. The zero-order chi connectivity index (χ0) is 13.1. The summed E-state index contributed by atoms with van der Waals surface area (Å²) in [5.41, 5.74) is -0.573. The Bertz CT molecular complexity index is 384. The molecule has 0 amide bonds. The summed E-state index contributed by atoms with van der Waals surface area (Å²) in [7, 11) is 0. The van der Waals surface area contributed by atoms with Crippen LogP contribution in [0.25, 0.3) is 0 Å². The molecule has 0 aliphatic heterocycles. The summed E-state index contributed by atoms with van der Waals surface area (Å²) in [5, 5.41) is 10.5. The molecular formula is C13H18ClFO2. The molecule has 2 nitrogen and oxygen atoms in total. The third-order valence-electron chi connectivity index (χ3n) is 3.01. The molecule has 0 spiro atoms. The van der Waals surface area contributed by atoms with Crippen molar-refractivity contribution >= 4 is 11.6 Å². The minimum atomic E-state index is -1.01. The molecule has 0 bridgehead atoms. The molecule has 0 heterocycles. The first kappa shape index (κ1) is 14.4. The van der Waals surface area contributed by atoms with Crippen LogP contribution in [0, 0.1) is 5.82 Å². The first-order valence-corrected chi connectivity index (χ1v) is 6.09. The highest BCUT2D eigenvalue weighted by molar-refractivity contribution is 6.30. The molecule has 0 saturated carbocycles. The summed E-state index contributed by atoms with van der Waals surface area (Å²) in [6.45, 7) is 5.98. The Hall–Kier alpha value is -0.640. The van der Waals surface area contributed by atoms with Crippen molar-refractivity contribution in [2.24, 2.45) is 0 Å². The van der Waals surface area contributed by atoms with Crippen molar-refractivity contribution in [3.05, 3.63) is 34.6 Å². The molecule has 1 aromatic rings. The van der Waals surface area contributed by atoms with Gasteiger partial charge in [0.2, 0.25) is 0 Å². The number of hydrogen-bond acceptors (Lipinski definition) is 2. The average Bonchev–Trinajstić information content (AvgIpc) is 2.28. The minimum absolute atomic E-state index is 0.215. The summed E-state index contributed by atoms with van der Waals surface area (Å²) in [6, 6.07) is 4.25. The summed E-state index contributed by atoms with van der Waals surface area (Å²) < 4.78 is 19.2. The molecule has 2 unspecified atom stereocenters. The van der Waals surface area contributed by atoms with Crippen LogP contribution in [0.5, 0.6) is 0 Å². The van der Waals surface area contributed by atoms with E-state index < -0.39 is 17.5 Å². The van der Waals surface area contributed by atoms with Crippen LogP contribution in [0.15, 0.2) is 18.2 Å². The van der Waals surface area contributed by atoms with Gasteiger partial charge in [-0.15, -0.1) is 0 Å². The summed E-state index contributed by atoms with van der Waals surface area (Å²) in [6.07, 6.45) is -0.422. The maximum Gasteiger partial charge on any atom is 0.130 e. The first-order valence-electron chi connectivity index (χ1n) is 5.71. The molecule has 4 heteroatoms. The summed E-state index contributed by atoms with van der Waals surface area (Å²) in [5.74, 6) is -0.510. The zero-order valence-electron chi connectivity index (χ0n) is 10.3. The van der Waals surface area contributed by atoms with E-state index >= 15 is 0 Å². The van der Waals surface area contributed by atoms with Crippen LogP contribution in [0.1, 0.15) is 38.9 Å². The predicted molar refractivity (Wildman–Crippen MR) is 66.7 cm³/mol. The second-order valence-corrected chi connectivity index (χ2v) is 4.60. The molecule has 2 atom stereocenters. The van der Waals surface area contributed by atoms with Gasteiger partial charge in [-0.2, -0.15) is 0 Å². The van der Waals surface area contributed by atoms with E-state index in [1.165, 1.54) is 12.1 Å². The third kappa shape index (κ3) is 3.18. The standard InChI is InChI=1S/C13H18ClFO2/c1-4-13(3,17-5-2)12(16)10-7-6-9(14)8-11(10)15/h6-8,12,16H,4-5H2,1-3H3. The minimum Gasteiger partial charge on any atom is -0.385 e. The van der Waals surface area contributed by atoms with E-state index in [4.69, 9.17) is 16.3 Å². The van der Waals surface area contributed by atoms with Crippen LogP contribution in [-0.4, -0.2) is 17.3 Å². The van der Waals surface area contributed by atoms with Crippen LogP contribution < -0.4 is 0 Å². The van der Waals surface area contributed by atoms with Gasteiger partial charge >= 0.3 is 0 Å². The molecule has 96 valence electrons. The summed E-state index contributed by atoms with van der Waals surface area (Å²) >= 11 is 5.68. The van der Waals surface area contributed by atoms with Crippen molar-refractivity contribution in [3.8, 4) is 0 Å². The van der Waals surface area contributed by atoms with Crippen molar-refractivity contribution in [3.63, 3.8) is 0 Å². The second-order valence-electron chi connectivity index (χ2n) is 4.17. The largest absolute Gasteiger partial charge is 0.385 e. The highest BCUT2D eigenvalue weighted by Gasteiger charge is 2.34. The van der Waals surface area contributed by atoms with E-state index in [-0.39, 0.29) is 5.56 Å². The van der Waals surface area contributed by atoms with Crippen LogP contribution in [0.2, 0.25) is 5.02 Å². The highest BCUT2D eigenvalue weighted by Crippen LogP contribution is 2.34. The van der Waals surface area contributed by atoms with Gasteiger partial charge in [0, 0.05) is 17.2 Å². The van der Waals surface area contributed by atoms with Crippen molar-refractivity contribution in [1.82, 2.24) is 0 Å². The van der Waals surface area contributed by atoms with Crippen molar-refractivity contribution in [2.75, 3.05) is 6.61 Å². The number of benzene rings is 1. The third-order valence-corrected chi connectivity index (χ3v) is 3.25. The molecule has 0 aliphatic carbocycles. The van der Waals surface area contributed by atoms with E-state index in [1.807, 2.05) is 13.8 Å². The van der Waals surface area contributed by atoms with E-state index in [0.717, 1.165) is 0 Å². The lowest BCUT2D eigenvalue weighted by molar-refractivity contribution is -0.114. The molecule has 0 saturated heterocycles. The van der Waals surface area contributed by atoms with Gasteiger partial charge in [-0.3, -0.25) is 0 Å². The molecule has 0 radical (unpaired) electrons. The maximum absolute atomic E-state index is 13.7. The van der Waals surface area contributed by atoms with E-state index in [9.17, 15) is 9.50 Å². The maximum atomic E-state index is 13.7. The lowest BCUT2D eigenvalue weighted by Gasteiger charge is -2.33. The van der Waals surface area contributed by atoms with Crippen LogP contribution in [0.4, 0.5) is 4.39 Å². The van der Waals surface area contributed by atoms with Gasteiger partial charge in [0.05, 0.1) is 5.60 Å². The molecule has 17 heavy (non-hydrogen) atoms. The fourth-order valence-electron chi connectivity index (χ4n) is 1.76. The molecule has 1 rings (SSSR count). The van der Waals surface area contributed by atoms with Gasteiger partial charge in [-0.25, -0.2) is 4.39 Å². The second kappa shape index (κ2) is 5.80. The van der Waals surface area contributed by atoms with Gasteiger partial charge < -0.3 is 9.84 Å². The molecule has 1 N–H and O–H groups in total. The lowest BCUT2D eigenvalue weighted by Crippen LogP contribution is -2.36. The van der Waals surface area contributed by atoms with E-state index in [0.29, 0.717) is 18.1 Å². The predicted octanol–water partition coefficient (Wildman–Crippen LogP) is 3.72. The Labute approximate surface area is 106 Å². The van der Waals surface area contributed by atoms with Gasteiger partial charge in [0.1, 0.15) is 11.9 Å². The van der Waals surface area contributed by atoms with Gasteiger partial charge in [-0.1, -0.05) is 24.6 Å². The monoisotopic (exact) mass is 260 g/mol. The zero-order valence-corrected chi connectivity index (χ0v) is 11.1. The van der Waals surface area contributed by atoms with Gasteiger partial charge in [0.25, 0.3) is 0 Å². The van der Waals surface area contributed by atoms with E-state index in [2.05, 4.69) is 0 Å². The topological polar surface area (TPSA) is 29.5 Å². The highest BCUT2D eigenvalue weighted by atomic mass is 35.5. The lowest BCUT2D eigenvalue weighted by atomic mass is 9.90. The smallest absolute Gasteiger partial charge is 0.130 e. The Morgan fingerprint density at radius 2 is 2.12 bits per heavy atom. The normalized spacial score (nSPS) is 16.6. The molecule has 0 aromatic heterocycles. The van der Waals surface area contributed by atoms with Crippen molar-refractivity contribution < 1.29 is 14.2 Å². The molecule has 0 fully saturated rings. The fourth-order valence-corrected chi connectivity index (χ4v) is 1.92. The number of ether oxygens (including phenoxy) is 1. The summed E-state index contributed by atoms with van der Waals surface area (Å²) in [4.78, 5) is 0. The Morgan fingerprint density at radius 1 is 1.47 bits per heavy atom. The van der Waals surface area contributed by atoms with Crippen LogP contribution >= 0.6 is 11.6 Å². The number of rotatable bonds is 5. The Kier molecular flexibility index (Phi) is 4.92. The van der Waals surface area contributed by atoms with E-state index in [1.54, 1.807) is 13.0 Å². The number of hydrogen-bond donors (Lipinski definition) is 1. The van der Waals surface area contributed by atoms with Gasteiger partial charge in [-0.05, 0) is 32.4 Å². The molecular weight excluding hydrogens is 243 g/mol. The number of aliphatic hydroxyl groups is 1. The first-order chi connectivity index (χ1) is 7.94. The van der Waals surface area contributed by atoms with Crippen LogP contribution in [-0.2, 0) is 4.74 Å². The van der Waals surface area contributed by atoms with Crippen molar-refractivity contribution in [2.45, 2.75) is 38.9 Å². The molecule has 1 aromatic carbocycles.